The van der Waals surface area contributed by atoms with Gasteiger partial charge in [-0.05, 0) is 54.4 Å². The topological polar surface area (TPSA) is 80.2 Å². The van der Waals surface area contributed by atoms with Gasteiger partial charge in [-0.25, -0.2) is 10.2 Å². The van der Waals surface area contributed by atoms with Crippen molar-refractivity contribution in [2.45, 2.75) is 26.4 Å². The van der Waals surface area contributed by atoms with Crippen LogP contribution in [0, 0.1) is 0 Å². The lowest BCUT2D eigenvalue weighted by Gasteiger charge is -2.18. The molecule has 0 saturated carbocycles. The molecule has 2 N–H and O–H groups in total. The van der Waals surface area contributed by atoms with Crippen LogP contribution in [-0.2, 0) is 4.74 Å². The number of hydrazone groups is 1. The van der Waals surface area contributed by atoms with Gasteiger partial charge in [0.1, 0.15) is 5.60 Å². The zero-order valence-corrected chi connectivity index (χ0v) is 13.3. The molecule has 0 saturated heterocycles. The van der Waals surface area contributed by atoms with E-state index in [-0.39, 0.29) is 5.75 Å². The van der Waals surface area contributed by atoms with E-state index in [4.69, 9.17) is 9.47 Å². The van der Waals surface area contributed by atoms with Crippen molar-refractivity contribution in [3.8, 4) is 11.5 Å². The summed E-state index contributed by atoms with van der Waals surface area (Å²) in [5, 5.41) is 13.4. The number of carbonyl (C=O) groups is 1. The minimum absolute atomic E-state index is 0.00440. The SMILES string of the molecule is COc1cc(/C=N/NC(=O)OC(C)(C)C)cc(Br)c1O. The molecule has 0 aliphatic carbocycles. The van der Waals surface area contributed by atoms with Crippen molar-refractivity contribution in [3.05, 3.63) is 22.2 Å². The zero-order valence-electron chi connectivity index (χ0n) is 11.7. The van der Waals surface area contributed by atoms with Crippen LogP contribution < -0.4 is 10.2 Å². The standard InChI is InChI=1S/C13H17BrN2O4/c1-13(2,3)20-12(18)16-15-7-8-5-9(14)11(17)10(6-8)19-4/h5-7,17H,1-4H3,(H,16,18)/b15-7+. The Hall–Kier alpha value is -1.76. The summed E-state index contributed by atoms with van der Waals surface area (Å²) in [6.45, 7) is 5.29. The van der Waals surface area contributed by atoms with Crippen molar-refractivity contribution in [1.82, 2.24) is 5.43 Å². The van der Waals surface area contributed by atoms with Crippen LogP contribution in [0.2, 0.25) is 0 Å². The van der Waals surface area contributed by atoms with Crippen molar-refractivity contribution in [1.29, 1.82) is 0 Å². The molecule has 1 aromatic rings. The normalized spacial score (nSPS) is 11.4. The molecule has 110 valence electrons. The third-order valence-electron chi connectivity index (χ3n) is 2.04. The molecule has 0 fully saturated rings. The number of aromatic hydroxyl groups is 1. The first-order valence-electron chi connectivity index (χ1n) is 5.81. The first-order valence-corrected chi connectivity index (χ1v) is 6.61. The number of phenols is 1. The van der Waals surface area contributed by atoms with Crippen molar-refractivity contribution < 1.29 is 19.4 Å². The molecule has 0 aliphatic heterocycles. The molecule has 0 bridgehead atoms. The monoisotopic (exact) mass is 344 g/mol. The third kappa shape index (κ3) is 5.08. The van der Waals surface area contributed by atoms with E-state index in [2.05, 4.69) is 26.5 Å². The van der Waals surface area contributed by atoms with Crippen molar-refractivity contribution in [2.24, 2.45) is 5.10 Å². The highest BCUT2D eigenvalue weighted by Gasteiger charge is 2.15. The number of rotatable bonds is 3. The molecule has 0 aliphatic rings. The summed E-state index contributed by atoms with van der Waals surface area (Å²) in [6.07, 6.45) is 0.773. The maximum atomic E-state index is 11.4. The number of phenolic OH excluding ortho intramolecular Hbond substituents is 1. The lowest BCUT2D eigenvalue weighted by atomic mass is 10.2. The van der Waals surface area contributed by atoms with Gasteiger partial charge in [-0.1, -0.05) is 0 Å². The molecule has 0 radical (unpaired) electrons. The number of benzene rings is 1. The molecule has 0 spiro atoms. The number of methoxy groups -OCH3 is 1. The fraction of sp³-hybridized carbons (Fsp3) is 0.385. The third-order valence-corrected chi connectivity index (χ3v) is 2.64. The molecule has 1 aromatic carbocycles. The lowest BCUT2D eigenvalue weighted by Crippen LogP contribution is -2.29. The molecule has 0 unspecified atom stereocenters. The van der Waals surface area contributed by atoms with Crippen LogP contribution in [0.15, 0.2) is 21.7 Å². The van der Waals surface area contributed by atoms with Crippen molar-refractivity contribution in [3.63, 3.8) is 0 Å². The van der Waals surface area contributed by atoms with Gasteiger partial charge >= 0.3 is 6.09 Å². The highest BCUT2D eigenvalue weighted by molar-refractivity contribution is 9.10. The molecule has 6 nitrogen and oxygen atoms in total. The van der Waals surface area contributed by atoms with E-state index in [9.17, 15) is 9.90 Å². The number of halogens is 1. The average Bonchev–Trinajstić information content (AvgIpc) is 2.31. The van der Waals surface area contributed by atoms with E-state index in [1.807, 2.05) is 0 Å². The molecule has 0 heterocycles. The second-order valence-electron chi connectivity index (χ2n) is 4.93. The van der Waals surface area contributed by atoms with Gasteiger partial charge in [0.25, 0.3) is 0 Å². The summed E-state index contributed by atoms with van der Waals surface area (Å²) >= 11 is 3.19. The number of ether oxygens (including phenoxy) is 2. The highest BCUT2D eigenvalue weighted by Crippen LogP contribution is 2.34. The van der Waals surface area contributed by atoms with Gasteiger partial charge < -0.3 is 14.6 Å². The molecule has 7 heteroatoms. The summed E-state index contributed by atoms with van der Waals surface area (Å²) in [7, 11) is 1.45. The fourth-order valence-electron chi connectivity index (χ4n) is 1.28. The smallest absolute Gasteiger partial charge is 0.428 e. The summed E-state index contributed by atoms with van der Waals surface area (Å²) in [5.74, 6) is 0.308. The Morgan fingerprint density at radius 2 is 2.10 bits per heavy atom. The van der Waals surface area contributed by atoms with Crippen molar-refractivity contribution >= 4 is 28.2 Å². The number of amides is 1. The quantitative estimate of drug-likeness (QED) is 0.652. The van der Waals surface area contributed by atoms with Crippen LogP contribution >= 0.6 is 15.9 Å². The van der Waals surface area contributed by atoms with E-state index in [0.717, 1.165) is 0 Å². The molecular weight excluding hydrogens is 328 g/mol. The Labute approximate surface area is 125 Å². The van der Waals surface area contributed by atoms with Gasteiger partial charge in [0.2, 0.25) is 0 Å². The Morgan fingerprint density at radius 1 is 1.45 bits per heavy atom. The Balaban J connectivity index is 2.72. The first-order chi connectivity index (χ1) is 9.23. The van der Waals surface area contributed by atoms with E-state index in [0.29, 0.717) is 15.8 Å². The van der Waals surface area contributed by atoms with E-state index >= 15 is 0 Å². The van der Waals surface area contributed by atoms with Gasteiger partial charge in [-0.3, -0.25) is 0 Å². The van der Waals surface area contributed by atoms with Gasteiger partial charge in [-0.15, -0.1) is 0 Å². The summed E-state index contributed by atoms with van der Waals surface area (Å²) in [4.78, 5) is 11.4. The highest BCUT2D eigenvalue weighted by atomic mass is 79.9. The van der Waals surface area contributed by atoms with Gasteiger partial charge in [-0.2, -0.15) is 5.10 Å². The summed E-state index contributed by atoms with van der Waals surface area (Å²) < 4.78 is 10.5. The van der Waals surface area contributed by atoms with Crippen LogP contribution in [0.1, 0.15) is 26.3 Å². The maximum absolute atomic E-state index is 11.4. The van der Waals surface area contributed by atoms with Crippen LogP contribution in [0.4, 0.5) is 4.79 Å². The zero-order chi connectivity index (χ0) is 15.3. The minimum Gasteiger partial charge on any atom is -0.503 e. The van der Waals surface area contributed by atoms with Crippen LogP contribution in [0.3, 0.4) is 0 Å². The van der Waals surface area contributed by atoms with Gasteiger partial charge in [0, 0.05) is 0 Å². The average molecular weight is 345 g/mol. The molecular formula is C13H17BrN2O4. The number of hydrogen-bond donors (Lipinski definition) is 2. The Kier molecular flexibility index (Phi) is 5.38. The van der Waals surface area contributed by atoms with Crippen LogP contribution in [0.5, 0.6) is 11.5 Å². The maximum Gasteiger partial charge on any atom is 0.428 e. The largest absolute Gasteiger partial charge is 0.503 e. The van der Waals surface area contributed by atoms with E-state index in [1.165, 1.54) is 13.3 Å². The number of hydrogen-bond acceptors (Lipinski definition) is 5. The van der Waals surface area contributed by atoms with Gasteiger partial charge in [0.05, 0.1) is 17.8 Å². The molecule has 0 atom stereocenters. The first kappa shape index (κ1) is 16.3. The summed E-state index contributed by atoms with van der Waals surface area (Å²) in [5.41, 5.74) is 2.31. The number of nitrogens with zero attached hydrogens (tertiary/aromatic N) is 1. The second-order valence-corrected chi connectivity index (χ2v) is 5.78. The van der Waals surface area contributed by atoms with Crippen molar-refractivity contribution in [2.75, 3.05) is 7.11 Å². The number of nitrogens with one attached hydrogen (secondary N) is 1. The lowest BCUT2D eigenvalue weighted by molar-refractivity contribution is 0.0529. The number of carbonyl (C=O) groups excluding carboxylic acids is 1. The molecule has 20 heavy (non-hydrogen) atoms. The van der Waals surface area contributed by atoms with E-state index < -0.39 is 11.7 Å². The van der Waals surface area contributed by atoms with Crippen LogP contribution in [0.25, 0.3) is 0 Å². The predicted molar refractivity (Wildman–Crippen MR) is 79.3 cm³/mol. The minimum atomic E-state index is -0.640. The van der Waals surface area contributed by atoms with E-state index in [1.54, 1.807) is 32.9 Å². The van der Waals surface area contributed by atoms with Gasteiger partial charge in [0.15, 0.2) is 11.5 Å². The van der Waals surface area contributed by atoms with Crippen LogP contribution in [-0.4, -0.2) is 30.1 Å². The summed E-state index contributed by atoms with van der Waals surface area (Å²) in [6, 6.07) is 3.22. The fourth-order valence-corrected chi connectivity index (χ4v) is 1.74. The molecule has 1 amide bonds. The Bertz CT molecular complexity index is 524. The predicted octanol–water partition coefficient (Wildman–Crippen LogP) is 3.02. The molecule has 1 rings (SSSR count). The Morgan fingerprint density at radius 3 is 2.65 bits per heavy atom. The molecule has 0 aromatic heterocycles. The second kappa shape index (κ2) is 6.60.